The summed E-state index contributed by atoms with van der Waals surface area (Å²) in [4.78, 5) is 0. The molecule has 1 atom stereocenters. The van der Waals surface area contributed by atoms with E-state index in [1.54, 1.807) is 12.1 Å². The van der Waals surface area contributed by atoms with Crippen molar-refractivity contribution < 1.29 is 4.39 Å². The fourth-order valence-electron chi connectivity index (χ4n) is 2.05. The Morgan fingerprint density at radius 1 is 1.28 bits per heavy atom. The molecule has 0 aliphatic carbocycles. The summed E-state index contributed by atoms with van der Waals surface area (Å²) in [6, 6.07) is 5.22. The van der Waals surface area contributed by atoms with Crippen LogP contribution in [0.5, 0.6) is 0 Å². The molecule has 0 heterocycles. The van der Waals surface area contributed by atoms with Crippen LogP contribution in [0, 0.1) is 5.82 Å². The number of hydrogen-bond donors (Lipinski definition) is 1. The van der Waals surface area contributed by atoms with Crippen molar-refractivity contribution in [2.75, 3.05) is 6.54 Å². The van der Waals surface area contributed by atoms with Gasteiger partial charge in [-0.25, -0.2) is 4.39 Å². The lowest BCUT2D eigenvalue weighted by molar-refractivity contribution is 0.454. The topological polar surface area (TPSA) is 12.0 Å². The van der Waals surface area contributed by atoms with E-state index < -0.39 is 0 Å². The van der Waals surface area contributed by atoms with Gasteiger partial charge in [-0.05, 0) is 37.9 Å². The zero-order valence-electron chi connectivity index (χ0n) is 11.3. The molecule has 0 saturated carbocycles. The Kier molecular flexibility index (Phi) is 7.29. The third-order valence-corrected chi connectivity index (χ3v) is 3.46. The third kappa shape index (κ3) is 4.95. The summed E-state index contributed by atoms with van der Waals surface area (Å²) in [5.41, 5.74) is 0.642. The molecule has 1 aromatic carbocycles. The maximum absolute atomic E-state index is 13.7. The first-order chi connectivity index (χ1) is 8.69. The van der Waals surface area contributed by atoms with Crippen molar-refractivity contribution in [2.24, 2.45) is 0 Å². The highest BCUT2D eigenvalue weighted by atomic mass is 35.5. The first-order valence-corrected chi connectivity index (χ1v) is 7.23. The van der Waals surface area contributed by atoms with Gasteiger partial charge in [-0.2, -0.15) is 0 Å². The highest BCUT2D eigenvalue weighted by molar-refractivity contribution is 6.31. The molecule has 0 bridgehead atoms. The summed E-state index contributed by atoms with van der Waals surface area (Å²) in [7, 11) is 0. The minimum absolute atomic E-state index is 0.192. The van der Waals surface area contributed by atoms with E-state index >= 15 is 0 Å². The van der Waals surface area contributed by atoms with Crippen LogP contribution in [0.25, 0.3) is 0 Å². The van der Waals surface area contributed by atoms with E-state index in [1.807, 2.05) is 0 Å². The number of nitrogens with one attached hydrogen (secondary N) is 1. The minimum Gasteiger partial charge on any atom is -0.314 e. The van der Waals surface area contributed by atoms with E-state index in [2.05, 4.69) is 19.2 Å². The molecular weight excluding hydrogens is 249 g/mol. The van der Waals surface area contributed by atoms with Crippen molar-refractivity contribution in [3.8, 4) is 0 Å². The molecule has 3 heteroatoms. The van der Waals surface area contributed by atoms with Gasteiger partial charge in [-0.1, -0.05) is 44.4 Å². The minimum atomic E-state index is -0.192. The molecule has 0 aromatic heterocycles. The molecule has 0 spiro atoms. The lowest BCUT2D eigenvalue weighted by Gasteiger charge is -2.19. The largest absolute Gasteiger partial charge is 0.314 e. The Morgan fingerprint density at radius 2 is 2.06 bits per heavy atom. The van der Waals surface area contributed by atoms with Crippen molar-refractivity contribution in [2.45, 2.75) is 52.0 Å². The summed E-state index contributed by atoms with van der Waals surface area (Å²) in [5, 5.41) is 4.02. The highest BCUT2D eigenvalue weighted by Crippen LogP contribution is 2.21. The molecular formula is C15H23ClFN. The van der Waals surface area contributed by atoms with Crippen molar-refractivity contribution in [3.63, 3.8) is 0 Å². The van der Waals surface area contributed by atoms with Crippen molar-refractivity contribution in [1.29, 1.82) is 0 Å². The average Bonchev–Trinajstić information content (AvgIpc) is 2.36. The summed E-state index contributed by atoms with van der Waals surface area (Å²) in [6.45, 7) is 5.29. The van der Waals surface area contributed by atoms with Crippen LogP contribution in [0.1, 0.15) is 45.1 Å². The summed E-state index contributed by atoms with van der Waals surface area (Å²) in [5.74, 6) is -0.192. The summed E-state index contributed by atoms with van der Waals surface area (Å²) >= 11 is 6.07. The van der Waals surface area contributed by atoms with Crippen LogP contribution in [0.4, 0.5) is 4.39 Å². The highest BCUT2D eigenvalue weighted by Gasteiger charge is 2.13. The quantitative estimate of drug-likeness (QED) is 0.730. The predicted molar refractivity (Wildman–Crippen MR) is 76.7 cm³/mol. The second-order valence-corrected chi connectivity index (χ2v) is 5.10. The van der Waals surface area contributed by atoms with E-state index in [0.29, 0.717) is 23.0 Å². The normalized spacial score (nSPS) is 12.7. The summed E-state index contributed by atoms with van der Waals surface area (Å²) < 4.78 is 13.7. The smallest absolute Gasteiger partial charge is 0.127 e. The van der Waals surface area contributed by atoms with Gasteiger partial charge in [0.25, 0.3) is 0 Å². The molecule has 0 radical (unpaired) electrons. The van der Waals surface area contributed by atoms with Crippen LogP contribution < -0.4 is 5.32 Å². The number of hydrogen-bond acceptors (Lipinski definition) is 1. The standard InChI is InChI=1S/C15H23ClFN/c1-3-5-7-12(18-10-4-2)11-13-14(16)8-6-9-15(13)17/h6,8-9,12,18H,3-5,7,10-11H2,1-2H3. The van der Waals surface area contributed by atoms with Gasteiger partial charge < -0.3 is 5.32 Å². The van der Waals surface area contributed by atoms with Crippen molar-refractivity contribution >= 4 is 11.6 Å². The molecule has 18 heavy (non-hydrogen) atoms. The monoisotopic (exact) mass is 271 g/mol. The Hall–Kier alpha value is -0.600. The van der Waals surface area contributed by atoms with Gasteiger partial charge in [0.15, 0.2) is 0 Å². The maximum atomic E-state index is 13.7. The van der Waals surface area contributed by atoms with Gasteiger partial charge in [0, 0.05) is 16.6 Å². The van der Waals surface area contributed by atoms with Crippen molar-refractivity contribution in [1.82, 2.24) is 5.32 Å². The fraction of sp³-hybridized carbons (Fsp3) is 0.600. The molecule has 0 aliphatic heterocycles. The van der Waals surface area contributed by atoms with Gasteiger partial charge in [-0.3, -0.25) is 0 Å². The van der Waals surface area contributed by atoms with Gasteiger partial charge in [0.2, 0.25) is 0 Å². The molecule has 1 aromatic rings. The summed E-state index contributed by atoms with van der Waals surface area (Å²) in [6.07, 6.45) is 5.16. The lowest BCUT2D eigenvalue weighted by Crippen LogP contribution is -2.32. The molecule has 0 saturated heterocycles. The van der Waals surface area contributed by atoms with Crippen LogP contribution >= 0.6 is 11.6 Å². The Morgan fingerprint density at radius 3 is 2.67 bits per heavy atom. The zero-order valence-corrected chi connectivity index (χ0v) is 12.1. The molecule has 1 N–H and O–H groups in total. The van der Waals surface area contributed by atoms with Gasteiger partial charge in [0.05, 0.1) is 0 Å². The molecule has 102 valence electrons. The fourth-order valence-corrected chi connectivity index (χ4v) is 2.29. The average molecular weight is 272 g/mol. The number of halogens is 2. The van der Waals surface area contributed by atoms with Gasteiger partial charge >= 0.3 is 0 Å². The predicted octanol–water partition coefficient (Wildman–Crippen LogP) is 4.58. The van der Waals surface area contributed by atoms with Gasteiger partial charge in [-0.15, -0.1) is 0 Å². The molecule has 0 aliphatic rings. The maximum Gasteiger partial charge on any atom is 0.127 e. The lowest BCUT2D eigenvalue weighted by atomic mass is 10.0. The number of benzene rings is 1. The Bertz CT molecular complexity index is 326. The molecule has 1 nitrogen and oxygen atoms in total. The Balaban J connectivity index is 2.68. The van der Waals surface area contributed by atoms with E-state index in [9.17, 15) is 4.39 Å². The first kappa shape index (κ1) is 15.5. The first-order valence-electron chi connectivity index (χ1n) is 6.85. The van der Waals surface area contributed by atoms with Crippen LogP contribution in [-0.4, -0.2) is 12.6 Å². The number of unbranched alkanes of at least 4 members (excludes halogenated alkanes) is 1. The molecule has 0 fully saturated rings. The molecule has 1 rings (SSSR count). The second-order valence-electron chi connectivity index (χ2n) is 4.70. The van der Waals surface area contributed by atoms with Gasteiger partial charge in [0.1, 0.15) is 5.82 Å². The van der Waals surface area contributed by atoms with E-state index in [1.165, 1.54) is 6.07 Å². The number of rotatable bonds is 8. The second kappa shape index (κ2) is 8.49. The van der Waals surface area contributed by atoms with E-state index in [0.717, 1.165) is 32.2 Å². The zero-order chi connectivity index (χ0) is 13.4. The van der Waals surface area contributed by atoms with E-state index in [4.69, 9.17) is 11.6 Å². The molecule has 1 unspecified atom stereocenters. The van der Waals surface area contributed by atoms with Crippen LogP contribution in [-0.2, 0) is 6.42 Å². The van der Waals surface area contributed by atoms with Crippen molar-refractivity contribution in [3.05, 3.63) is 34.6 Å². The van der Waals surface area contributed by atoms with Crippen LogP contribution in [0.3, 0.4) is 0 Å². The van der Waals surface area contributed by atoms with Crippen LogP contribution in [0.15, 0.2) is 18.2 Å². The van der Waals surface area contributed by atoms with Crippen LogP contribution in [0.2, 0.25) is 5.02 Å². The van der Waals surface area contributed by atoms with E-state index in [-0.39, 0.29) is 5.82 Å². The SMILES string of the molecule is CCCCC(Cc1c(F)cccc1Cl)NCCC. The molecule has 0 amide bonds. The Labute approximate surface area is 115 Å². The third-order valence-electron chi connectivity index (χ3n) is 3.10.